The van der Waals surface area contributed by atoms with Gasteiger partial charge < -0.3 is 20.3 Å². The van der Waals surface area contributed by atoms with E-state index in [0.717, 1.165) is 51.3 Å². The summed E-state index contributed by atoms with van der Waals surface area (Å²) in [6.45, 7) is 5.41. The summed E-state index contributed by atoms with van der Waals surface area (Å²) in [6, 6.07) is 6.42. The first-order valence-electron chi connectivity index (χ1n) is 7.82. The van der Waals surface area contributed by atoms with Gasteiger partial charge in [0.25, 0.3) is 0 Å². The molecule has 0 radical (unpaired) electrons. The van der Waals surface area contributed by atoms with Crippen LogP contribution in [0.15, 0.2) is 18.2 Å². The van der Waals surface area contributed by atoms with E-state index < -0.39 is 0 Å². The van der Waals surface area contributed by atoms with Gasteiger partial charge in [-0.3, -0.25) is 0 Å². The predicted molar refractivity (Wildman–Crippen MR) is 83.1 cm³/mol. The van der Waals surface area contributed by atoms with Crippen LogP contribution >= 0.6 is 0 Å². The van der Waals surface area contributed by atoms with Gasteiger partial charge in [0.1, 0.15) is 5.75 Å². The summed E-state index contributed by atoms with van der Waals surface area (Å²) in [4.78, 5) is 14.1. The van der Waals surface area contributed by atoms with Crippen LogP contribution in [0.25, 0.3) is 0 Å². The second-order valence-corrected chi connectivity index (χ2v) is 5.68. The molecule has 2 aliphatic rings. The van der Waals surface area contributed by atoms with Crippen molar-refractivity contribution in [3.05, 3.63) is 23.8 Å². The molecule has 1 saturated heterocycles. The lowest BCUT2D eigenvalue weighted by Gasteiger charge is -2.21. The van der Waals surface area contributed by atoms with Gasteiger partial charge in [0.05, 0.1) is 6.61 Å². The summed E-state index contributed by atoms with van der Waals surface area (Å²) >= 11 is 0. The van der Waals surface area contributed by atoms with Crippen LogP contribution < -0.4 is 20.3 Å². The van der Waals surface area contributed by atoms with Crippen LogP contribution in [0.4, 0.5) is 10.5 Å². The first-order chi connectivity index (χ1) is 10.3. The third kappa shape index (κ3) is 3.06. The van der Waals surface area contributed by atoms with Crippen molar-refractivity contribution in [1.82, 2.24) is 10.6 Å². The zero-order chi connectivity index (χ0) is 14.7. The van der Waals surface area contributed by atoms with Crippen molar-refractivity contribution in [1.29, 1.82) is 0 Å². The van der Waals surface area contributed by atoms with E-state index in [1.54, 1.807) is 0 Å². The Balaban J connectivity index is 1.60. The van der Waals surface area contributed by atoms with Crippen molar-refractivity contribution >= 4 is 11.7 Å². The molecule has 5 nitrogen and oxygen atoms in total. The van der Waals surface area contributed by atoms with Crippen molar-refractivity contribution in [2.75, 3.05) is 31.1 Å². The van der Waals surface area contributed by atoms with Gasteiger partial charge in [-0.25, -0.2) is 4.79 Å². The molecule has 2 aliphatic heterocycles. The predicted octanol–water partition coefficient (Wildman–Crippen LogP) is 1.91. The molecular weight excluding hydrogens is 266 g/mol. The first kappa shape index (κ1) is 14.0. The van der Waals surface area contributed by atoms with Gasteiger partial charge in [0, 0.05) is 43.3 Å². The molecule has 5 heteroatoms. The van der Waals surface area contributed by atoms with Crippen LogP contribution in [0.5, 0.6) is 5.75 Å². The molecule has 2 amide bonds. The fraction of sp³-hybridized carbons (Fsp3) is 0.562. The number of urea groups is 1. The van der Waals surface area contributed by atoms with Gasteiger partial charge in [-0.2, -0.15) is 0 Å². The van der Waals surface area contributed by atoms with Crippen molar-refractivity contribution in [3.63, 3.8) is 0 Å². The quantitative estimate of drug-likeness (QED) is 0.890. The second-order valence-electron chi connectivity index (χ2n) is 5.68. The monoisotopic (exact) mass is 289 g/mol. The van der Waals surface area contributed by atoms with E-state index in [9.17, 15) is 4.79 Å². The zero-order valence-corrected chi connectivity index (χ0v) is 12.5. The average molecular weight is 289 g/mol. The maximum absolute atomic E-state index is 11.7. The Morgan fingerprint density at radius 1 is 1.48 bits per heavy atom. The maximum Gasteiger partial charge on any atom is 0.315 e. The smallest absolute Gasteiger partial charge is 0.315 e. The average Bonchev–Trinajstić information content (AvgIpc) is 3.13. The number of nitrogens with one attached hydrogen (secondary N) is 2. The Hall–Kier alpha value is -1.91. The summed E-state index contributed by atoms with van der Waals surface area (Å²) in [7, 11) is 0. The lowest BCUT2D eigenvalue weighted by atomic mass is 10.1. The van der Waals surface area contributed by atoms with E-state index in [1.165, 1.54) is 11.3 Å². The number of benzene rings is 1. The number of hydrogen-bond donors (Lipinski definition) is 2. The van der Waals surface area contributed by atoms with Gasteiger partial charge in [0.15, 0.2) is 0 Å². The number of amides is 2. The molecule has 1 fully saturated rings. The topological polar surface area (TPSA) is 53.6 Å². The van der Waals surface area contributed by atoms with Gasteiger partial charge >= 0.3 is 6.03 Å². The minimum absolute atomic E-state index is 0.0506. The highest BCUT2D eigenvalue weighted by Gasteiger charge is 2.27. The van der Waals surface area contributed by atoms with Crippen LogP contribution in [0, 0.1) is 0 Å². The summed E-state index contributed by atoms with van der Waals surface area (Å²) in [5.74, 6) is 1.02. The van der Waals surface area contributed by atoms with Crippen molar-refractivity contribution in [2.45, 2.75) is 32.2 Å². The molecule has 0 bridgehead atoms. The maximum atomic E-state index is 11.7. The van der Waals surface area contributed by atoms with Gasteiger partial charge in [-0.1, -0.05) is 13.0 Å². The molecule has 0 unspecified atom stereocenters. The Bertz CT molecular complexity index is 518. The highest BCUT2D eigenvalue weighted by molar-refractivity contribution is 5.74. The molecule has 0 saturated carbocycles. The number of carbonyl (C=O) groups is 1. The normalized spacial score (nSPS) is 20.0. The minimum Gasteiger partial charge on any atom is -0.493 e. The standard InChI is InChI=1S/C16H23N3O2/c1-2-8-17-16(20)18-12-6-9-19(11-12)14-4-3-5-15-13(14)7-10-21-15/h3-5,12H,2,6-11H2,1H3,(H2,17,18,20)/t12-/m1/s1. The Kier molecular flexibility index (Phi) is 4.18. The molecule has 0 aromatic heterocycles. The van der Waals surface area contributed by atoms with Crippen LogP contribution in [0.1, 0.15) is 25.3 Å². The number of hydrogen-bond acceptors (Lipinski definition) is 3. The highest BCUT2D eigenvalue weighted by atomic mass is 16.5. The molecule has 1 atom stereocenters. The molecule has 0 aliphatic carbocycles. The van der Waals surface area contributed by atoms with Crippen molar-refractivity contribution in [3.8, 4) is 5.75 Å². The van der Waals surface area contributed by atoms with Gasteiger partial charge in [-0.05, 0) is 25.0 Å². The van der Waals surface area contributed by atoms with E-state index in [0.29, 0.717) is 0 Å². The number of carbonyl (C=O) groups excluding carboxylic acids is 1. The van der Waals surface area contributed by atoms with E-state index in [4.69, 9.17) is 4.74 Å². The summed E-state index contributed by atoms with van der Waals surface area (Å²) in [5, 5.41) is 5.93. The van der Waals surface area contributed by atoms with Gasteiger partial charge in [0.2, 0.25) is 0 Å². The largest absolute Gasteiger partial charge is 0.493 e. The Morgan fingerprint density at radius 2 is 2.38 bits per heavy atom. The lowest BCUT2D eigenvalue weighted by Crippen LogP contribution is -2.43. The van der Waals surface area contributed by atoms with Gasteiger partial charge in [-0.15, -0.1) is 0 Å². The van der Waals surface area contributed by atoms with Crippen LogP contribution in [0.2, 0.25) is 0 Å². The Labute approximate surface area is 125 Å². The molecule has 2 heterocycles. The van der Waals surface area contributed by atoms with Crippen molar-refractivity contribution < 1.29 is 9.53 Å². The third-order valence-corrected chi connectivity index (χ3v) is 4.12. The molecule has 0 spiro atoms. The number of fused-ring (bicyclic) bond motifs is 1. The van der Waals surface area contributed by atoms with E-state index in [1.807, 2.05) is 12.1 Å². The third-order valence-electron chi connectivity index (χ3n) is 4.12. The summed E-state index contributed by atoms with van der Waals surface area (Å²) < 4.78 is 5.63. The zero-order valence-electron chi connectivity index (χ0n) is 12.5. The number of ether oxygens (including phenoxy) is 1. The van der Waals surface area contributed by atoms with E-state index in [2.05, 4.69) is 28.5 Å². The lowest BCUT2D eigenvalue weighted by molar-refractivity contribution is 0.238. The SMILES string of the molecule is CCCNC(=O)N[C@@H]1CCN(c2cccc3c2CCO3)C1. The number of rotatable bonds is 4. The van der Waals surface area contributed by atoms with Crippen LogP contribution in [-0.2, 0) is 6.42 Å². The van der Waals surface area contributed by atoms with E-state index >= 15 is 0 Å². The first-order valence-corrected chi connectivity index (χ1v) is 7.82. The molecular formula is C16H23N3O2. The number of nitrogens with zero attached hydrogens (tertiary/aromatic N) is 1. The molecule has 2 N–H and O–H groups in total. The second kappa shape index (κ2) is 6.24. The van der Waals surface area contributed by atoms with Crippen LogP contribution in [-0.4, -0.2) is 38.3 Å². The minimum atomic E-state index is -0.0506. The fourth-order valence-corrected chi connectivity index (χ4v) is 3.07. The van der Waals surface area contributed by atoms with Crippen molar-refractivity contribution in [2.24, 2.45) is 0 Å². The van der Waals surface area contributed by atoms with E-state index in [-0.39, 0.29) is 12.1 Å². The molecule has 21 heavy (non-hydrogen) atoms. The highest BCUT2D eigenvalue weighted by Crippen LogP contribution is 2.35. The number of anilines is 1. The Morgan fingerprint density at radius 3 is 3.24 bits per heavy atom. The molecule has 1 aromatic carbocycles. The summed E-state index contributed by atoms with van der Waals surface area (Å²) in [5.41, 5.74) is 2.58. The summed E-state index contributed by atoms with van der Waals surface area (Å²) in [6.07, 6.45) is 2.93. The molecule has 114 valence electrons. The molecule has 3 rings (SSSR count). The molecule has 1 aromatic rings. The fourth-order valence-electron chi connectivity index (χ4n) is 3.07. The van der Waals surface area contributed by atoms with Crippen LogP contribution in [0.3, 0.4) is 0 Å².